The van der Waals surface area contributed by atoms with E-state index in [1.54, 1.807) is 6.92 Å². The molecule has 1 rings (SSSR count). The van der Waals surface area contributed by atoms with Gasteiger partial charge in [-0.05, 0) is 25.8 Å². The number of rotatable bonds is 3. The summed E-state index contributed by atoms with van der Waals surface area (Å²) >= 11 is 0. The van der Waals surface area contributed by atoms with E-state index in [1.165, 1.54) is 26.0 Å². The zero-order valence-corrected chi connectivity index (χ0v) is 9.59. The molecule has 2 nitrogen and oxygen atoms in total. The fourth-order valence-corrected chi connectivity index (χ4v) is 1.40. The van der Waals surface area contributed by atoms with Crippen molar-refractivity contribution in [1.29, 1.82) is 0 Å². The van der Waals surface area contributed by atoms with Gasteiger partial charge < -0.3 is 10.2 Å². The zero-order valence-electron chi connectivity index (χ0n) is 9.59. The Labute approximate surface area is 93.5 Å². The van der Waals surface area contributed by atoms with Crippen LogP contribution in [0.5, 0.6) is 0 Å². The average molecular weight is 230 g/mol. The first-order valence-corrected chi connectivity index (χ1v) is 5.16. The molecule has 2 N–H and O–H groups in total. The second-order valence-corrected chi connectivity index (χ2v) is 4.21. The minimum absolute atomic E-state index is 0.171. The predicted molar refractivity (Wildman–Crippen MR) is 57.0 cm³/mol. The average Bonchev–Trinajstić information content (AvgIpc) is 2.25. The molecular weight excluding hydrogens is 214 g/mol. The van der Waals surface area contributed by atoms with Crippen LogP contribution in [0, 0.1) is 18.6 Å². The summed E-state index contributed by atoms with van der Waals surface area (Å²) in [5.74, 6) is -2.08. The quantitative estimate of drug-likeness (QED) is 0.837. The third-order valence-corrected chi connectivity index (χ3v) is 2.90. The minimum atomic E-state index is -1.47. The zero-order chi connectivity index (χ0) is 12.5. The van der Waals surface area contributed by atoms with Crippen molar-refractivity contribution in [2.45, 2.75) is 38.9 Å². The van der Waals surface area contributed by atoms with Gasteiger partial charge in [0.05, 0.1) is 5.60 Å². The molecule has 4 heteroatoms. The molecule has 2 atom stereocenters. The molecule has 0 aliphatic rings. The number of aryl methyl sites for hydroxylation is 1. The van der Waals surface area contributed by atoms with Crippen LogP contribution in [0.15, 0.2) is 12.1 Å². The maximum absolute atomic E-state index is 13.5. The second kappa shape index (κ2) is 4.47. The van der Waals surface area contributed by atoms with Crippen molar-refractivity contribution >= 4 is 0 Å². The van der Waals surface area contributed by atoms with Crippen LogP contribution in [0.4, 0.5) is 8.78 Å². The van der Waals surface area contributed by atoms with Crippen LogP contribution in [0.1, 0.15) is 37.5 Å². The summed E-state index contributed by atoms with van der Waals surface area (Å²) in [6.07, 6.45) is -1.20. The second-order valence-electron chi connectivity index (χ2n) is 4.21. The molecule has 0 spiro atoms. The smallest absolute Gasteiger partial charge is 0.164 e. The van der Waals surface area contributed by atoms with Gasteiger partial charge in [-0.1, -0.05) is 19.1 Å². The molecule has 1 aromatic rings. The van der Waals surface area contributed by atoms with Gasteiger partial charge >= 0.3 is 0 Å². The maximum atomic E-state index is 13.5. The third-order valence-electron chi connectivity index (χ3n) is 2.90. The summed E-state index contributed by atoms with van der Waals surface area (Å²) in [5, 5.41) is 19.6. The summed E-state index contributed by atoms with van der Waals surface area (Å²) < 4.78 is 26.8. The topological polar surface area (TPSA) is 40.5 Å². The van der Waals surface area contributed by atoms with Gasteiger partial charge in [-0.2, -0.15) is 0 Å². The molecule has 90 valence electrons. The predicted octanol–water partition coefficient (Wildman–Crippen LogP) is 2.47. The minimum Gasteiger partial charge on any atom is -0.387 e. The number of aliphatic hydroxyl groups is 2. The molecule has 0 aliphatic heterocycles. The Kier molecular flexibility index (Phi) is 3.65. The Morgan fingerprint density at radius 1 is 1.31 bits per heavy atom. The first kappa shape index (κ1) is 13.1. The maximum Gasteiger partial charge on any atom is 0.164 e. The van der Waals surface area contributed by atoms with Crippen LogP contribution in [0.2, 0.25) is 0 Å². The van der Waals surface area contributed by atoms with E-state index >= 15 is 0 Å². The van der Waals surface area contributed by atoms with Gasteiger partial charge in [0.1, 0.15) is 6.10 Å². The molecule has 0 fully saturated rings. The van der Waals surface area contributed by atoms with Gasteiger partial charge in [0.15, 0.2) is 11.6 Å². The lowest BCUT2D eigenvalue weighted by Gasteiger charge is -2.28. The Balaban J connectivity index is 3.20. The first-order valence-electron chi connectivity index (χ1n) is 5.16. The SMILES string of the molecule is CCC(C)(O)C(O)c1ccc(C)c(F)c1F. The van der Waals surface area contributed by atoms with Crippen molar-refractivity contribution in [3.8, 4) is 0 Å². The number of hydrogen-bond acceptors (Lipinski definition) is 2. The fourth-order valence-electron chi connectivity index (χ4n) is 1.40. The van der Waals surface area contributed by atoms with E-state index in [-0.39, 0.29) is 17.5 Å². The number of aliphatic hydroxyl groups excluding tert-OH is 1. The summed E-state index contributed by atoms with van der Waals surface area (Å²) in [6, 6.07) is 2.67. The molecular formula is C12H16F2O2. The van der Waals surface area contributed by atoms with E-state index in [2.05, 4.69) is 0 Å². The Morgan fingerprint density at radius 2 is 1.88 bits per heavy atom. The van der Waals surface area contributed by atoms with Gasteiger partial charge in [-0.3, -0.25) is 0 Å². The molecule has 0 saturated heterocycles. The van der Waals surface area contributed by atoms with Crippen LogP contribution in [-0.2, 0) is 0 Å². The Morgan fingerprint density at radius 3 is 2.38 bits per heavy atom. The summed E-state index contributed by atoms with van der Waals surface area (Å²) in [5.41, 5.74) is -1.51. The van der Waals surface area contributed by atoms with Gasteiger partial charge in [0.25, 0.3) is 0 Å². The van der Waals surface area contributed by atoms with Crippen molar-refractivity contribution in [1.82, 2.24) is 0 Å². The van der Waals surface area contributed by atoms with E-state index in [1.807, 2.05) is 0 Å². The van der Waals surface area contributed by atoms with Crippen LogP contribution < -0.4 is 0 Å². The van der Waals surface area contributed by atoms with E-state index in [4.69, 9.17) is 0 Å². The lowest BCUT2D eigenvalue weighted by Crippen LogP contribution is -2.32. The molecule has 0 heterocycles. The lowest BCUT2D eigenvalue weighted by molar-refractivity contribution is -0.0675. The van der Waals surface area contributed by atoms with Crippen LogP contribution in [0.3, 0.4) is 0 Å². The summed E-state index contributed by atoms with van der Waals surface area (Å²) in [6.45, 7) is 4.48. The largest absolute Gasteiger partial charge is 0.387 e. The molecule has 0 radical (unpaired) electrons. The van der Waals surface area contributed by atoms with Crippen LogP contribution in [-0.4, -0.2) is 15.8 Å². The van der Waals surface area contributed by atoms with Crippen molar-refractivity contribution in [2.75, 3.05) is 0 Å². The monoisotopic (exact) mass is 230 g/mol. The van der Waals surface area contributed by atoms with E-state index in [0.717, 1.165) is 0 Å². The molecule has 0 aromatic heterocycles. The molecule has 0 amide bonds. The number of benzene rings is 1. The first-order chi connectivity index (χ1) is 7.31. The summed E-state index contributed by atoms with van der Waals surface area (Å²) in [7, 11) is 0. The van der Waals surface area contributed by atoms with E-state index in [0.29, 0.717) is 0 Å². The molecule has 1 aromatic carbocycles. The number of hydrogen-bond donors (Lipinski definition) is 2. The van der Waals surface area contributed by atoms with E-state index < -0.39 is 23.3 Å². The highest BCUT2D eigenvalue weighted by molar-refractivity contribution is 5.28. The summed E-state index contributed by atoms with van der Waals surface area (Å²) in [4.78, 5) is 0. The van der Waals surface area contributed by atoms with Gasteiger partial charge in [-0.25, -0.2) is 8.78 Å². The molecule has 0 bridgehead atoms. The number of halogens is 2. The normalized spacial score (nSPS) is 16.9. The lowest BCUT2D eigenvalue weighted by atomic mass is 9.90. The Bertz CT molecular complexity index is 389. The standard InChI is InChI=1S/C12H16F2O2/c1-4-12(3,16)11(15)8-6-5-7(2)9(13)10(8)14/h5-6,11,15-16H,4H2,1-3H3. The molecule has 0 saturated carbocycles. The van der Waals surface area contributed by atoms with Crippen LogP contribution >= 0.6 is 0 Å². The molecule has 0 aliphatic carbocycles. The highest BCUT2D eigenvalue weighted by atomic mass is 19.2. The van der Waals surface area contributed by atoms with Crippen molar-refractivity contribution in [2.24, 2.45) is 0 Å². The highest BCUT2D eigenvalue weighted by Crippen LogP contribution is 2.31. The van der Waals surface area contributed by atoms with Crippen molar-refractivity contribution in [3.63, 3.8) is 0 Å². The van der Waals surface area contributed by atoms with Gasteiger partial charge in [0, 0.05) is 5.56 Å². The van der Waals surface area contributed by atoms with Crippen LogP contribution in [0.25, 0.3) is 0 Å². The van der Waals surface area contributed by atoms with Gasteiger partial charge in [-0.15, -0.1) is 0 Å². The van der Waals surface area contributed by atoms with E-state index in [9.17, 15) is 19.0 Å². The third kappa shape index (κ3) is 2.23. The van der Waals surface area contributed by atoms with Crippen molar-refractivity contribution < 1.29 is 19.0 Å². The molecule has 2 unspecified atom stereocenters. The van der Waals surface area contributed by atoms with Crippen molar-refractivity contribution in [3.05, 3.63) is 34.9 Å². The fraction of sp³-hybridized carbons (Fsp3) is 0.500. The Hall–Kier alpha value is -1.00. The van der Waals surface area contributed by atoms with Gasteiger partial charge in [0.2, 0.25) is 0 Å². The highest BCUT2D eigenvalue weighted by Gasteiger charge is 2.32. The molecule has 16 heavy (non-hydrogen) atoms.